The van der Waals surface area contributed by atoms with E-state index in [1.165, 1.54) is 7.11 Å². The molecule has 0 saturated heterocycles. The van der Waals surface area contributed by atoms with Crippen LogP contribution >= 0.6 is 0 Å². The molecule has 0 atom stereocenters. The Kier molecular flexibility index (Phi) is 6.12. The summed E-state index contributed by atoms with van der Waals surface area (Å²) in [5.41, 5.74) is 9.96. The van der Waals surface area contributed by atoms with Crippen LogP contribution in [0.1, 0.15) is 21.5 Å². The van der Waals surface area contributed by atoms with E-state index in [9.17, 15) is 4.79 Å². The van der Waals surface area contributed by atoms with E-state index in [2.05, 4.69) is 16.0 Å². The number of anilines is 1. The van der Waals surface area contributed by atoms with Gasteiger partial charge < -0.3 is 36.2 Å². The number of allylic oxidation sites excluding steroid dienone is 1. The summed E-state index contributed by atoms with van der Waals surface area (Å²) in [6.45, 7) is 1.99. The molecule has 1 aliphatic heterocycles. The molecule has 1 aromatic heterocycles. The molecule has 3 aromatic rings. The lowest BCUT2D eigenvalue weighted by atomic mass is 10.0. The molecule has 1 aliphatic rings. The molecule has 1 amide bonds. The first kappa shape index (κ1) is 21.0. The van der Waals surface area contributed by atoms with Crippen molar-refractivity contribution in [2.24, 2.45) is 0 Å². The number of nitrogens with one attached hydrogen (secondary N) is 4. The Bertz CT molecular complexity index is 1230. The van der Waals surface area contributed by atoms with Gasteiger partial charge in [0.15, 0.2) is 0 Å². The Hall–Kier alpha value is -4.20. The number of rotatable bonds is 7. The van der Waals surface area contributed by atoms with E-state index < -0.39 is 0 Å². The number of ether oxygens (including phenoxy) is 1. The van der Waals surface area contributed by atoms with Crippen molar-refractivity contribution in [3.8, 4) is 5.75 Å². The van der Waals surface area contributed by atoms with E-state index in [0.29, 0.717) is 23.4 Å². The van der Waals surface area contributed by atoms with Crippen molar-refractivity contribution < 1.29 is 13.9 Å². The predicted molar refractivity (Wildman–Crippen MR) is 126 cm³/mol. The molecule has 32 heavy (non-hydrogen) atoms. The van der Waals surface area contributed by atoms with Gasteiger partial charge in [0, 0.05) is 36.1 Å². The number of nitrogen functional groups attached to an aromatic ring is 1. The van der Waals surface area contributed by atoms with Crippen LogP contribution in [0.5, 0.6) is 5.75 Å². The Morgan fingerprint density at radius 1 is 1.28 bits per heavy atom. The Balaban J connectivity index is 1.56. The molecule has 0 radical (unpaired) electrons. The first-order valence-corrected chi connectivity index (χ1v) is 10.2. The van der Waals surface area contributed by atoms with Gasteiger partial charge in [0.25, 0.3) is 5.91 Å². The maximum absolute atomic E-state index is 12.8. The van der Waals surface area contributed by atoms with Gasteiger partial charge in [-0.25, -0.2) is 0 Å². The smallest absolute Gasteiger partial charge is 0.255 e. The lowest BCUT2D eigenvalue weighted by Crippen LogP contribution is -2.37. The highest BCUT2D eigenvalue weighted by Crippen LogP contribution is 2.30. The molecular formula is C24H25N5O3. The molecule has 0 aliphatic carbocycles. The number of nitrogens with two attached hydrogens (primary N) is 1. The minimum absolute atomic E-state index is 0.141. The number of hydrogen-bond acceptors (Lipinski definition) is 7. The summed E-state index contributed by atoms with van der Waals surface area (Å²) in [6.07, 6.45) is 6.94. The van der Waals surface area contributed by atoms with Crippen molar-refractivity contribution >= 4 is 34.4 Å². The van der Waals surface area contributed by atoms with Crippen molar-refractivity contribution in [1.82, 2.24) is 16.0 Å². The lowest BCUT2D eigenvalue weighted by Gasteiger charge is -2.18. The number of hydrogen-bond donors (Lipinski definition) is 5. The third-order valence-electron chi connectivity index (χ3n) is 5.16. The molecule has 2 heterocycles. The van der Waals surface area contributed by atoms with Gasteiger partial charge in [-0.3, -0.25) is 4.79 Å². The number of amides is 1. The van der Waals surface area contributed by atoms with E-state index in [0.717, 1.165) is 35.3 Å². The second-order valence-corrected chi connectivity index (χ2v) is 7.31. The zero-order chi connectivity index (χ0) is 22.5. The second-order valence-electron chi connectivity index (χ2n) is 7.31. The molecular weight excluding hydrogens is 406 g/mol. The molecule has 164 valence electrons. The van der Waals surface area contributed by atoms with Crippen LogP contribution < -0.4 is 26.4 Å². The van der Waals surface area contributed by atoms with E-state index >= 15 is 0 Å². The summed E-state index contributed by atoms with van der Waals surface area (Å²) in [4.78, 5) is 12.8. The van der Waals surface area contributed by atoms with Crippen molar-refractivity contribution in [3.05, 3.63) is 77.3 Å². The predicted octanol–water partition coefficient (Wildman–Crippen LogP) is 2.87. The standard InChI is InChI=1S/C24H25N5O3/c1-31-23-18(24(30)29-14-17-13-27-9-10-28-17)4-6-20(26)22(23)19(25)5-2-15-3-7-21-16(12-15)8-11-32-21/h2-8,11-13,25,27-28H,9-10,14,26H2,1H3,(H,29,30)/b5-2+,25-19?. The van der Waals surface area contributed by atoms with Gasteiger partial charge in [0.2, 0.25) is 0 Å². The molecule has 0 unspecified atom stereocenters. The average Bonchev–Trinajstić information content (AvgIpc) is 3.29. The van der Waals surface area contributed by atoms with Crippen LogP contribution in [0.4, 0.5) is 5.69 Å². The van der Waals surface area contributed by atoms with Crippen LogP contribution in [-0.2, 0) is 0 Å². The number of benzene rings is 2. The van der Waals surface area contributed by atoms with Crippen molar-refractivity contribution in [1.29, 1.82) is 5.41 Å². The van der Waals surface area contributed by atoms with Crippen LogP contribution in [0, 0.1) is 5.41 Å². The van der Waals surface area contributed by atoms with Gasteiger partial charge in [-0.1, -0.05) is 12.1 Å². The van der Waals surface area contributed by atoms with Crippen molar-refractivity contribution in [2.75, 3.05) is 32.5 Å². The summed E-state index contributed by atoms with van der Waals surface area (Å²) in [5.74, 6) is -0.0373. The summed E-state index contributed by atoms with van der Waals surface area (Å²) in [5, 5.41) is 18.8. The average molecular weight is 431 g/mol. The topological polar surface area (TPSA) is 125 Å². The first-order chi connectivity index (χ1) is 15.6. The quantitative estimate of drug-likeness (QED) is 0.289. The zero-order valence-electron chi connectivity index (χ0n) is 17.7. The molecule has 8 nitrogen and oxygen atoms in total. The van der Waals surface area contributed by atoms with Gasteiger partial charge in [0.05, 0.1) is 36.8 Å². The number of carbonyl (C=O) groups is 1. The minimum Gasteiger partial charge on any atom is -0.495 e. The molecule has 0 bridgehead atoms. The number of furan rings is 1. The van der Waals surface area contributed by atoms with E-state index in [4.69, 9.17) is 20.3 Å². The molecule has 0 saturated carbocycles. The third kappa shape index (κ3) is 4.44. The SMILES string of the molecule is COc1c(C(=O)NCC2=CNCCN2)ccc(N)c1C(=N)/C=C/c1ccc2occc2c1. The van der Waals surface area contributed by atoms with Crippen LogP contribution in [0.15, 0.2) is 65.1 Å². The minimum atomic E-state index is -0.307. The fraction of sp³-hybridized carbons (Fsp3) is 0.167. The summed E-state index contributed by atoms with van der Waals surface area (Å²) < 4.78 is 10.9. The fourth-order valence-corrected chi connectivity index (χ4v) is 3.54. The fourth-order valence-electron chi connectivity index (χ4n) is 3.54. The highest BCUT2D eigenvalue weighted by molar-refractivity contribution is 6.15. The highest BCUT2D eigenvalue weighted by atomic mass is 16.5. The normalized spacial score (nSPS) is 13.3. The Morgan fingerprint density at radius 2 is 2.16 bits per heavy atom. The summed E-state index contributed by atoms with van der Waals surface area (Å²) in [7, 11) is 1.47. The van der Waals surface area contributed by atoms with Crippen LogP contribution in [0.2, 0.25) is 0 Å². The van der Waals surface area contributed by atoms with Gasteiger partial charge in [-0.2, -0.15) is 0 Å². The summed E-state index contributed by atoms with van der Waals surface area (Å²) >= 11 is 0. The van der Waals surface area contributed by atoms with Gasteiger partial charge >= 0.3 is 0 Å². The first-order valence-electron chi connectivity index (χ1n) is 10.2. The summed E-state index contributed by atoms with van der Waals surface area (Å²) in [6, 6.07) is 10.9. The van der Waals surface area contributed by atoms with Crippen LogP contribution in [-0.4, -0.2) is 38.4 Å². The highest BCUT2D eigenvalue weighted by Gasteiger charge is 2.20. The number of carbonyl (C=O) groups excluding carboxylic acids is 1. The van der Waals surface area contributed by atoms with Gasteiger partial charge in [-0.15, -0.1) is 0 Å². The van der Waals surface area contributed by atoms with Crippen molar-refractivity contribution in [2.45, 2.75) is 0 Å². The Morgan fingerprint density at radius 3 is 2.94 bits per heavy atom. The maximum Gasteiger partial charge on any atom is 0.255 e. The van der Waals surface area contributed by atoms with E-state index in [-0.39, 0.29) is 17.4 Å². The number of methoxy groups -OCH3 is 1. The largest absolute Gasteiger partial charge is 0.495 e. The monoisotopic (exact) mass is 431 g/mol. The Labute approximate surface area is 185 Å². The zero-order valence-corrected chi connectivity index (χ0v) is 17.7. The van der Waals surface area contributed by atoms with Gasteiger partial charge in [-0.05, 0) is 42.0 Å². The maximum atomic E-state index is 12.8. The lowest BCUT2D eigenvalue weighted by molar-refractivity contribution is 0.0953. The third-order valence-corrected chi connectivity index (χ3v) is 5.16. The molecule has 4 rings (SSSR count). The van der Waals surface area contributed by atoms with Crippen molar-refractivity contribution in [3.63, 3.8) is 0 Å². The molecule has 0 spiro atoms. The molecule has 8 heteroatoms. The molecule has 6 N–H and O–H groups in total. The molecule has 2 aromatic carbocycles. The van der Waals surface area contributed by atoms with E-state index in [1.807, 2.05) is 36.5 Å². The van der Waals surface area contributed by atoms with Gasteiger partial charge in [0.1, 0.15) is 11.3 Å². The van der Waals surface area contributed by atoms with Crippen LogP contribution in [0.3, 0.4) is 0 Å². The molecule has 0 fully saturated rings. The van der Waals surface area contributed by atoms with Crippen LogP contribution in [0.25, 0.3) is 17.0 Å². The second kappa shape index (κ2) is 9.30. The van der Waals surface area contributed by atoms with E-state index in [1.54, 1.807) is 24.5 Å². The number of fused-ring (bicyclic) bond motifs is 1.